The summed E-state index contributed by atoms with van der Waals surface area (Å²) in [5.41, 5.74) is 1.14. The maximum Gasteiger partial charge on any atom is 0.265 e. The Kier molecular flexibility index (Phi) is 5.07. The van der Waals surface area contributed by atoms with Crippen molar-refractivity contribution in [3.8, 4) is 0 Å². The van der Waals surface area contributed by atoms with Crippen LogP contribution in [0.1, 0.15) is 17.4 Å². The summed E-state index contributed by atoms with van der Waals surface area (Å²) in [5, 5.41) is 9.85. The molecule has 0 bridgehead atoms. The number of anilines is 1. The summed E-state index contributed by atoms with van der Waals surface area (Å²) in [7, 11) is -3.76. The first-order chi connectivity index (χ1) is 11.4. The van der Waals surface area contributed by atoms with Gasteiger partial charge in [-0.2, -0.15) is 20.2 Å². The normalized spacial score (nSPS) is 17.0. The molecule has 1 N–H and O–H groups in total. The lowest BCUT2D eigenvalue weighted by molar-refractivity contribution is 0.251. The number of H-pyrrole nitrogens is 1. The Morgan fingerprint density at radius 3 is 2.71 bits per heavy atom. The lowest BCUT2D eigenvalue weighted by Gasteiger charge is -2.29. The highest BCUT2D eigenvalue weighted by Gasteiger charge is 2.24. The molecule has 1 saturated heterocycles. The highest BCUT2D eigenvalue weighted by molar-refractivity contribution is 7.99. The van der Waals surface area contributed by atoms with Gasteiger partial charge in [0.25, 0.3) is 10.1 Å². The molecule has 3 rings (SSSR count). The van der Waals surface area contributed by atoms with Crippen molar-refractivity contribution in [1.82, 2.24) is 15.4 Å². The molecule has 1 aromatic heterocycles. The van der Waals surface area contributed by atoms with E-state index in [1.54, 1.807) is 12.1 Å². The minimum Gasteiger partial charge on any atom is -0.368 e. The van der Waals surface area contributed by atoms with Crippen molar-refractivity contribution in [2.75, 3.05) is 35.8 Å². The van der Waals surface area contributed by atoms with Crippen LogP contribution in [0.3, 0.4) is 0 Å². The van der Waals surface area contributed by atoms with E-state index >= 15 is 0 Å². The van der Waals surface area contributed by atoms with Crippen LogP contribution in [-0.2, 0) is 14.3 Å². The van der Waals surface area contributed by atoms with E-state index in [1.165, 1.54) is 12.3 Å². The minimum absolute atomic E-state index is 0.266. The molecule has 0 aliphatic carbocycles. The number of rotatable bonds is 5. The molecule has 0 spiro atoms. The van der Waals surface area contributed by atoms with E-state index in [0.717, 1.165) is 30.9 Å². The molecule has 10 heteroatoms. The second kappa shape index (κ2) is 7.08. The fourth-order valence-electron chi connectivity index (χ4n) is 2.54. The Balaban J connectivity index is 1.92. The molecule has 130 valence electrons. The molecule has 1 aliphatic heterocycles. The van der Waals surface area contributed by atoms with E-state index in [1.807, 2.05) is 16.7 Å². The van der Waals surface area contributed by atoms with Gasteiger partial charge in [-0.25, -0.2) is 4.39 Å². The Morgan fingerprint density at radius 2 is 2.12 bits per heavy atom. The third-order valence-electron chi connectivity index (χ3n) is 3.60. The predicted molar refractivity (Wildman–Crippen MR) is 90.1 cm³/mol. The van der Waals surface area contributed by atoms with Gasteiger partial charge in [0.2, 0.25) is 0 Å². The van der Waals surface area contributed by atoms with Gasteiger partial charge in [0.1, 0.15) is 17.6 Å². The fourth-order valence-corrected chi connectivity index (χ4v) is 4.00. The number of hydrogen-bond donors (Lipinski definition) is 1. The van der Waals surface area contributed by atoms with Crippen LogP contribution in [-0.4, -0.2) is 54.7 Å². The number of nitrogens with zero attached hydrogens (tertiary/aromatic N) is 3. The van der Waals surface area contributed by atoms with Gasteiger partial charge >= 0.3 is 0 Å². The maximum atomic E-state index is 14.6. The monoisotopic (exact) mass is 372 g/mol. The lowest BCUT2D eigenvalue weighted by atomic mass is 10.1. The van der Waals surface area contributed by atoms with Crippen LogP contribution in [0.2, 0.25) is 0 Å². The Hall–Kier alpha value is -1.65. The molecule has 1 unspecified atom stereocenters. The zero-order valence-electron chi connectivity index (χ0n) is 13.0. The number of hydrogen-bond acceptors (Lipinski definition) is 7. The second-order valence-corrected chi connectivity index (χ2v) is 8.21. The van der Waals surface area contributed by atoms with Crippen molar-refractivity contribution in [3.63, 3.8) is 0 Å². The van der Waals surface area contributed by atoms with Crippen LogP contribution in [0.4, 0.5) is 10.1 Å². The summed E-state index contributed by atoms with van der Waals surface area (Å²) in [6.07, 6.45) is 1.32. The van der Waals surface area contributed by atoms with Crippen molar-refractivity contribution < 1.29 is 17.0 Å². The zero-order valence-corrected chi connectivity index (χ0v) is 14.6. The number of halogens is 1. The van der Waals surface area contributed by atoms with Crippen LogP contribution in [0.5, 0.6) is 0 Å². The quantitative estimate of drug-likeness (QED) is 0.797. The van der Waals surface area contributed by atoms with Gasteiger partial charge in [-0.05, 0) is 17.7 Å². The van der Waals surface area contributed by atoms with Crippen LogP contribution in [0.15, 0.2) is 24.4 Å². The maximum absolute atomic E-state index is 14.6. The van der Waals surface area contributed by atoms with Crippen molar-refractivity contribution in [2.24, 2.45) is 0 Å². The third kappa shape index (κ3) is 4.05. The highest BCUT2D eigenvalue weighted by Crippen LogP contribution is 2.30. The number of nitrogens with one attached hydrogen (secondary N) is 1. The summed E-state index contributed by atoms with van der Waals surface area (Å²) in [5.74, 6) is 1.50. The summed E-state index contributed by atoms with van der Waals surface area (Å²) in [4.78, 5) is 1.98. The van der Waals surface area contributed by atoms with E-state index in [0.29, 0.717) is 11.3 Å². The van der Waals surface area contributed by atoms with Gasteiger partial charge < -0.3 is 4.90 Å². The van der Waals surface area contributed by atoms with Gasteiger partial charge in [0.15, 0.2) is 0 Å². The van der Waals surface area contributed by atoms with Gasteiger partial charge in [0.05, 0.1) is 11.9 Å². The van der Waals surface area contributed by atoms with E-state index in [2.05, 4.69) is 15.4 Å². The van der Waals surface area contributed by atoms with Gasteiger partial charge in [-0.1, -0.05) is 11.3 Å². The van der Waals surface area contributed by atoms with Crippen molar-refractivity contribution >= 4 is 27.6 Å². The third-order valence-corrected chi connectivity index (χ3v) is 5.09. The van der Waals surface area contributed by atoms with Gasteiger partial charge in [-0.3, -0.25) is 9.28 Å². The molecule has 0 radical (unpaired) electrons. The zero-order chi connectivity index (χ0) is 17.2. The average molecular weight is 372 g/mol. The van der Waals surface area contributed by atoms with E-state index in [9.17, 15) is 12.8 Å². The summed E-state index contributed by atoms with van der Waals surface area (Å²) in [6.45, 7) is 1.57. The average Bonchev–Trinajstić information content (AvgIpc) is 3.07. The van der Waals surface area contributed by atoms with Crippen molar-refractivity contribution in [3.05, 3.63) is 41.5 Å². The molecule has 7 nitrogen and oxygen atoms in total. The SMILES string of the molecule is CS(=O)(=O)OC(c1ccc(N2CCSCC2)c(F)c1)c1c[nH]nn1. The molecule has 2 aromatic rings. The summed E-state index contributed by atoms with van der Waals surface area (Å²) >= 11 is 1.84. The number of aromatic amines is 1. The topological polar surface area (TPSA) is 88.2 Å². The Morgan fingerprint density at radius 1 is 1.38 bits per heavy atom. The molecule has 1 aliphatic rings. The Bertz CT molecular complexity index is 792. The van der Waals surface area contributed by atoms with E-state index in [-0.39, 0.29) is 5.69 Å². The first kappa shape index (κ1) is 17.2. The smallest absolute Gasteiger partial charge is 0.265 e. The number of aromatic nitrogens is 3. The summed E-state index contributed by atoms with van der Waals surface area (Å²) in [6, 6.07) is 4.60. The van der Waals surface area contributed by atoms with Crippen molar-refractivity contribution in [2.45, 2.75) is 6.10 Å². The molecular formula is C14H17FN4O3S2. The predicted octanol–water partition coefficient (Wildman–Crippen LogP) is 1.56. The molecule has 2 heterocycles. The van der Waals surface area contributed by atoms with E-state index < -0.39 is 22.0 Å². The highest BCUT2D eigenvalue weighted by atomic mass is 32.2. The van der Waals surface area contributed by atoms with Crippen LogP contribution >= 0.6 is 11.8 Å². The first-order valence-electron chi connectivity index (χ1n) is 7.31. The fraction of sp³-hybridized carbons (Fsp3) is 0.429. The lowest BCUT2D eigenvalue weighted by Crippen LogP contribution is -2.33. The first-order valence-corrected chi connectivity index (χ1v) is 10.3. The summed E-state index contributed by atoms with van der Waals surface area (Å²) < 4.78 is 42.7. The molecule has 24 heavy (non-hydrogen) atoms. The molecule has 1 aromatic carbocycles. The van der Waals surface area contributed by atoms with Crippen LogP contribution in [0.25, 0.3) is 0 Å². The van der Waals surface area contributed by atoms with Crippen LogP contribution < -0.4 is 4.90 Å². The van der Waals surface area contributed by atoms with E-state index in [4.69, 9.17) is 4.18 Å². The van der Waals surface area contributed by atoms with Crippen LogP contribution in [0, 0.1) is 5.82 Å². The van der Waals surface area contributed by atoms with Crippen molar-refractivity contribution in [1.29, 1.82) is 0 Å². The molecule has 0 amide bonds. The largest absolute Gasteiger partial charge is 0.368 e. The standard InChI is InChI=1S/C14H17FN4O3S2/c1-24(20,21)22-14(12-9-16-18-17-12)10-2-3-13(11(15)8-10)19-4-6-23-7-5-19/h2-3,8-9,14H,4-7H2,1H3,(H,16,17,18). The molecule has 1 atom stereocenters. The second-order valence-electron chi connectivity index (χ2n) is 5.39. The molecule has 1 fully saturated rings. The Labute approximate surface area is 143 Å². The van der Waals surface area contributed by atoms with Gasteiger partial charge in [-0.15, -0.1) is 5.10 Å². The number of benzene rings is 1. The van der Waals surface area contributed by atoms with Gasteiger partial charge in [0, 0.05) is 30.8 Å². The molecule has 0 saturated carbocycles. The molecular weight excluding hydrogens is 355 g/mol. The minimum atomic E-state index is -3.76. The number of thioether (sulfide) groups is 1.